The molecule has 164 valence electrons. The second kappa shape index (κ2) is 12.2. The van der Waals surface area contributed by atoms with Crippen LogP contribution in [0.15, 0.2) is 29.3 Å². The standard InChI is InChI=1S/C20H29F3N4O.HI/c1-3-24-19(26-14-18(28)27-11-4-5-12-27)25-10-9-15(2)16-7-6-8-17(13-16)20(21,22)23;/h6-8,13,15H,3-5,9-12,14H2,1-2H3,(H2,24,25,26);1H. The fourth-order valence-corrected chi connectivity index (χ4v) is 3.15. The molecule has 1 unspecified atom stereocenters. The smallest absolute Gasteiger partial charge is 0.357 e. The van der Waals surface area contributed by atoms with Crippen molar-refractivity contribution in [2.45, 2.75) is 45.2 Å². The molecule has 1 aliphatic heterocycles. The monoisotopic (exact) mass is 526 g/mol. The van der Waals surface area contributed by atoms with Crippen molar-refractivity contribution in [3.05, 3.63) is 35.4 Å². The Morgan fingerprint density at radius 1 is 1.24 bits per heavy atom. The number of likely N-dealkylation sites (tertiary alicyclic amines) is 1. The highest BCUT2D eigenvalue weighted by Crippen LogP contribution is 2.31. The van der Waals surface area contributed by atoms with Gasteiger partial charge in [-0.2, -0.15) is 13.2 Å². The van der Waals surface area contributed by atoms with Crippen LogP contribution in [0, 0.1) is 0 Å². The molecule has 0 radical (unpaired) electrons. The summed E-state index contributed by atoms with van der Waals surface area (Å²) in [4.78, 5) is 18.3. The summed E-state index contributed by atoms with van der Waals surface area (Å²) in [6, 6.07) is 5.45. The number of guanidine groups is 1. The molecule has 0 saturated carbocycles. The molecule has 1 aliphatic rings. The minimum Gasteiger partial charge on any atom is -0.357 e. The molecular formula is C20H30F3IN4O. The fraction of sp³-hybridized carbons (Fsp3) is 0.600. The predicted molar refractivity (Wildman–Crippen MR) is 120 cm³/mol. The molecule has 1 saturated heterocycles. The summed E-state index contributed by atoms with van der Waals surface area (Å²) in [6.45, 7) is 6.73. The van der Waals surface area contributed by atoms with Crippen LogP contribution >= 0.6 is 24.0 Å². The van der Waals surface area contributed by atoms with Crippen molar-refractivity contribution in [2.75, 3.05) is 32.7 Å². The summed E-state index contributed by atoms with van der Waals surface area (Å²) in [5.74, 6) is 0.530. The van der Waals surface area contributed by atoms with Gasteiger partial charge < -0.3 is 15.5 Å². The van der Waals surface area contributed by atoms with E-state index in [1.807, 2.05) is 18.7 Å². The minimum atomic E-state index is -4.33. The Kier molecular flexibility index (Phi) is 10.8. The molecule has 1 amide bonds. The average molecular weight is 526 g/mol. The van der Waals surface area contributed by atoms with Crippen molar-refractivity contribution in [1.29, 1.82) is 0 Å². The van der Waals surface area contributed by atoms with Crippen LogP contribution in [-0.4, -0.2) is 49.5 Å². The summed E-state index contributed by atoms with van der Waals surface area (Å²) in [6.07, 6.45) is -1.60. The summed E-state index contributed by atoms with van der Waals surface area (Å²) in [5.41, 5.74) is 0.0305. The van der Waals surface area contributed by atoms with E-state index in [2.05, 4.69) is 15.6 Å². The highest BCUT2D eigenvalue weighted by molar-refractivity contribution is 14.0. The Morgan fingerprint density at radius 2 is 1.93 bits per heavy atom. The molecule has 5 nitrogen and oxygen atoms in total. The van der Waals surface area contributed by atoms with Crippen LogP contribution in [0.1, 0.15) is 50.2 Å². The molecule has 0 spiro atoms. The van der Waals surface area contributed by atoms with E-state index in [0.29, 0.717) is 31.0 Å². The molecule has 2 N–H and O–H groups in total. The highest BCUT2D eigenvalue weighted by atomic mass is 127. The number of alkyl halides is 3. The molecule has 9 heteroatoms. The number of aliphatic imine (C=N–C) groups is 1. The van der Waals surface area contributed by atoms with Crippen molar-refractivity contribution < 1.29 is 18.0 Å². The molecule has 0 aromatic heterocycles. The third-order valence-electron chi connectivity index (χ3n) is 4.83. The Balaban J connectivity index is 0.00000420. The van der Waals surface area contributed by atoms with Crippen LogP contribution in [-0.2, 0) is 11.0 Å². The first-order valence-corrected chi connectivity index (χ1v) is 9.78. The van der Waals surface area contributed by atoms with Gasteiger partial charge in [-0.1, -0.05) is 25.1 Å². The molecule has 1 atom stereocenters. The van der Waals surface area contributed by atoms with Crippen LogP contribution in [0.5, 0.6) is 0 Å². The van der Waals surface area contributed by atoms with Gasteiger partial charge in [-0.25, -0.2) is 4.99 Å². The van der Waals surface area contributed by atoms with E-state index < -0.39 is 11.7 Å². The number of hydrogen-bond donors (Lipinski definition) is 2. The zero-order valence-corrected chi connectivity index (χ0v) is 19.2. The first kappa shape index (κ1) is 25.5. The van der Waals surface area contributed by atoms with Gasteiger partial charge in [0, 0.05) is 26.2 Å². The van der Waals surface area contributed by atoms with E-state index in [9.17, 15) is 18.0 Å². The van der Waals surface area contributed by atoms with Gasteiger partial charge >= 0.3 is 6.18 Å². The van der Waals surface area contributed by atoms with E-state index in [1.165, 1.54) is 12.1 Å². The van der Waals surface area contributed by atoms with Crippen molar-refractivity contribution in [1.82, 2.24) is 15.5 Å². The zero-order chi connectivity index (χ0) is 20.6. The SMILES string of the molecule is CCNC(=NCC(=O)N1CCCC1)NCCC(C)c1cccc(C(F)(F)F)c1.I. The predicted octanol–water partition coefficient (Wildman–Crippen LogP) is 3.99. The lowest BCUT2D eigenvalue weighted by Gasteiger charge is -2.17. The Bertz CT molecular complexity index is 676. The number of rotatable bonds is 7. The number of carbonyl (C=O) groups is 1. The topological polar surface area (TPSA) is 56.7 Å². The molecule has 1 fully saturated rings. The van der Waals surface area contributed by atoms with Gasteiger partial charge in [0.15, 0.2) is 5.96 Å². The quantitative estimate of drug-likeness (QED) is 0.321. The van der Waals surface area contributed by atoms with E-state index in [-0.39, 0.29) is 42.3 Å². The van der Waals surface area contributed by atoms with Gasteiger partial charge in [-0.05, 0) is 43.7 Å². The minimum absolute atomic E-state index is 0. The second-order valence-electron chi connectivity index (χ2n) is 7.02. The summed E-state index contributed by atoms with van der Waals surface area (Å²) >= 11 is 0. The summed E-state index contributed by atoms with van der Waals surface area (Å²) in [7, 11) is 0. The Hall–Kier alpha value is -1.52. The highest BCUT2D eigenvalue weighted by Gasteiger charge is 2.30. The molecule has 0 bridgehead atoms. The molecule has 1 heterocycles. The molecule has 2 rings (SSSR count). The van der Waals surface area contributed by atoms with Gasteiger partial charge in [-0.15, -0.1) is 24.0 Å². The van der Waals surface area contributed by atoms with Gasteiger partial charge in [0.2, 0.25) is 5.91 Å². The number of amides is 1. The van der Waals surface area contributed by atoms with E-state index in [0.717, 1.165) is 32.0 Å². The van der Waals surface area contributed by atoms with E-state index >= 15 is 0 Å². The van der Waals surface area contributed by atoms with Gasteiger partial charge in [-0.3, -0.25) is 4.79 Å². The number of nitrogens with one attached hydrogen (secondary N) is 2. The molecule has 1 aromatic rings. The van der Waals surface area contributed by atoms with Crippen LogP contribution in [0.25, 0.3) is 0 Å². The number of benzene rings is 1. The van der Waals surface area contributed by atoms with Crippen molar-refractivity contribution in [3.63, 3.8) is 0 Å². The lowest BCUT2D eigenvalue weighted by molar-refractivity contribution is -0.137. The number of carbonyl (C=O) groups excluding carboxylic acids is 1. The third-order valence-corrected chi connectivity index (χ3v) is 4.83. The maximum atomic E-state index is 12.9. The first-order valence-electron chi connectivity index (χ1n) is 9.78. The van der Waals surface area contributed by atoms with Gasteiger partial charge in [0.25, 0.3) is 0 Å². The number of hydrogen-bond acceptors (Lipinski definition) is 2. The largest absolute Gasteiger partial charge is 0.416 e. The molecular weight excluding hydrogens is 496 g/mol. The fourth-order valence-electron chi connectivity index (χ4n) is 3.15. The van der Waals surface area contributed by atoms with E-state index in [4.69, 9.17) is 0 Å². The number of halogens is 4. The lowest BCUT2D eigenvalue weighted by Crippen LogP contribution is -2.39. The van der Waals surface area contributed by atoms with Gasteiger partial charge in [0.1, 0.15) is 6.54 Å². The second-order valence-corrected chi connectivity index (χ2v) is 7.02. The molecule has 29 heavy (non-hydrogen) atoms. The summed E-state index contributed by atoms with van der Waals surface area (Å²) < 4.78 is 38.6. The third kappa shape index (κ3) is 8.39. The Morgan fingerprint density at radius 3 is 2.55 bits per heavy atom. The zero-order valence-electron chi connectivity index (χ0n) is 16.9. The van der Waals surface area contributed by atoms with Crippen LogP contribution < -0.4 is 10.6 Å². The van der Waals surface area contributed by atoms with Crippen LogP contribution in [0.3, 0.4) is 0 Å². The first-order chi connectivity index (χ1) is 13.3. The van der Waals surface area contributed by atoms with Gasteiger partial charge in [0.05, 0.1) is 5.56 Å². The van der Waals surface area contributed by atoms with Crippen LogP contribution in [0.4, 0.5) is 13.2 Å². The summed E-state index contributed by atoms with van der Waals surface area (Å²) in [5, 5.41) is 6.25. The van der Waals surface area contributed by atoms with Crippen molar-refractivity contribution in [3.8, 4) is 0 Å². The average Bonchev–Trinajstić information content (AvgIpc) is 3.20. The van der Waals surface area contributed by atoms with Crippen LogP contribution in [0.2, 0.25) is 0 Å². The Labute approximate surface area is 187 Å². The lowest BCUT2D eigenvalue weighted by atomic mass is 9.96. The van der Waals surface area contributed by atoms with E-state index in [1.54, 1.807) is 6.07 Å². The normalized spacial score (nSPS) is 15.6. The van der Waals surface area contributed by atoms with Crippen molar-refractivity contribution >= 4 is 35.8 Å². The molecule has 0 aliphatic carbocycles. The maximum Gasteiger partial charge on any atom is 0.416 e. The maximum absolute atomic E-state index is 12.9. The van der Waals surface area contributed by atoms with Crippen molar-refractivity contribution in [2.24, 2.45) is 4.99 Å². The molecule has 1 aromatic carbocycles. The number of nitrogens with zero attached hydrogens (tertiary/aromatic N) is 2.